The van der Waals surface area contributed by atoms with Crippen LogP contribution < -0.4 is 10.6 Å². The van der Waals surface area contributed by atoms with Crippen molar-refractivity contribution in [3.05, 3.63) is 28.3 Å². The van der Waals surface area contributed by atoms with Crippen LogP contribution in [0, 0.1) is 10.1 Å². The number of thiazole rings is 1. The summed E-state index contributed by atoms with van der Waals surface area (Å²) in [4.78, 5) is 28.6. The lowest BCUT2D eigenvalue weighted by Gasteiger charge is -2.26. The van der Waals surface area contributed by atoms with Crippen molar-refractivity contribution in [3.63, 3.8) is 0 Å². The van der Waals surface area contributed by atoms with Crippen LogP contribution in [0.25, 0.3) is 10.2 Å². The second-order valence-electron chi connectivity index (χ2n) is 5.00. The van der Waals surface area contributed by atoms with Crippen molar-refractivity contribution >= 4 is 38.3 Å². The monoisotopic (exact) mass is 321 g/mol. The highest BCUT2D eigenvalue weighted by molar-refractivity contribution is 7.22. The number of nitrogens with zero attached hydrogens (tertiary/aromatic N) is 3. The molecule has 9 heteroatoms. The minimum absolute atomic E-state index is 0.00325. The van der Waals surface area contributed by atoms with Crippen LogP contribution in [-0.4, -0.2) is 53.4 Å². The molecule has 1 saturated heterocycles. The number of anilines is 1. The molecule has 0 saturated carbocycles. The summed E-state index contributed by atoms with van der Waals surface area (Å²) in [5.41, 5.74) is 0.521. The Hall–Kier alpha value is -2.10. The topological polar surface area (TPSA) is 100 Å². The lowest BCUT2D eigenvalue weighted by Crippen LogP contribution is -2.46. The predicted molar refractivity (Wildman–Crippen MR) is 84.2 cm³/mol. The maximum atomic E-state index is 12.0. The second-order valence-corrected chi connectivity index (χ2v) is 6.03. The number of nitro groups is 1. The normalized spacial score (nSPS) is 15.8. The van der Waals surface area contributed by atoms with E-state index >= 15 is 0 Å². The lowest BCUT2D eigenvalue weighted by atomic mass is 10.3. The van der Waals surface area contributed by atoms with Crippen LogP contribution in [0.15, 0.2) is 18.2 Å². The molecule has 2 N–H and O–H groups in total. The van der Waals surface area contributed by atoms with Gasteiger partial charge >= 0.3 is 0 Å². The van der Waals surface area contributed by atoms with E-state index in [1.54, 1.807) is 6.07 Å². The van der Waals surface area contributed by atoms with E-state index in [1.807, 2.05) is 0 Å². The first-order valence-electron chi connectivity index (χ1n) is 6.90. The van der Waals surface area contributed by atoms with E-state index in [0.717, 1.165) is 30.9 Å². The summed E-state index contributed by atoms with van der Waals surface area (Å²) in [7, 11) is 0. The molecular formula is C13H15N5O3S. The quantitative estimate of drug-likeness (QED) is 0.645. The highest BCUT2D eigenvalue weighted by Crippen LogP contribution is 2.28. The molecule has 1 fully saturated rings. The Labute approximate surface area is 130 Å². The fraction of sp³-hybridized carbons (Fsp3) is 0.385. The number of nitrogens with one attached hydrogen (secondary N) is 2. The standard InChI is InChI=1S/C13H15N5O3S/c19-12(8-17-5-3-14-4-6-17)16-13-15-10-7-9(18(20)21)1-2-11(10)22-13/h1-2,7,14H,3-6,8H2,(H,15,16,19). The molecule has 0 bridgehead atoms. The zero-order chi connectivity index (χ0) is 15.5. The maximum absolute atomic E-state index is 12.0. The Balaban J connectivity index is 1.67. The van der Waals surface area contributed by atoms with Gasteiger partial charge in [0.15, 0.2) is 5.13 Å². The molecule has 1 aliphatic heterocycles. The van der Waals surface area contributed by atoms with Gasteiger partial charge in [0, 0.05) is 38.3 Å². The van der Waals surface area contributed by atoms with Gasteiger partial charge in [-0.1, -0.05) is 11.3 Å². The SMILES string of the molecule is O=C(CN1CCNCC1)Nc1nc2cc([N+](=O)[O-])ccc2s1. The Morgan fingerprint density at radius 1 is 1.45 bits per heavy atom. The van der Waals surface area contributed by atoms with Crippen LogP contribution in [0.5, 0.6) is 0 Å². The Bertz CT molecular complexity index is 711. The highest BCUT2D eigenvalue weighted by Gasteiger charge is 2.15. The highest BCUT2D eigenvalue weighted by atomic mass is 32.1. The van der Waals surface area contributed by atoms with Gasteiger partial charge in [-0.05, 0) is 6.07 Å². The van der Waals surface area contributed by atoms with E-state index in [1.165, 1.54) is 23.5 Å². The largest absolute Gasteiger partial charge is 0.314 e. The zero-order valence-electron chi connectivity index (χ0n) is 11.7. The molecule has 0 atom stereocenters. The van der Waals surface area contributed by atoms with Crippen molar-refractivity contribution in [1.29, 1.82) is 0 Å². The molecule has 0 aliphatic carbocycles. The third kappa shape index (κ3) is 3.38. The number of amides is 1. The fourth-order valence-electron chi connectivity index (χ4n) is 2.31. The van der Waals surface area contributed by atoms with Crippen molar-refractivity contribution in [2.45, 2.75) is 0 Å². The van der Waals surface area contributed by atoms with Gasteiger partial charge < -0.3 is 10.6 Å². The molecule has 0 unspecified atom stereocenters. The van der Waals surface area contributed by atoms with Gasteiger partial charge in [-0.3, -0.25) is 19.8 Å². The summed E-state index contributed by atoms with van der Waals surface area (Å²) in [6.07, 6.45) is 0. The van der Waals surface area contributed by atoms with Crippen LogP contribution in [0.4, 0.5) is 10.8 Å². The molecule has 0 spiro atoms. The number of piperazine rings is 1. The van der Waals surface area contributed by atoms with Gasteiger partial charge in [-0.15, -0.1) is 0 Å². The third-order valence-corrected chi connectivity index (χ3v) is 4.36. The van der Waals surface area contributed by atoms with Gasteiger partial charge in [0.1, 0.15) is 0 Å². The number of carbonyl (C=O) groups excluding carboxylic acids is 1. The number of non-ortho nitro benzene ring substituents is 1. The summed E-state index contributed by atoms with van der Waals surface area (Å²) < 4.78 is 0.808. The van der Waals surface area contributed by atoms with Gasteiger partial charge in [0.2, 0.25) is 5.91 Å². The Morgan fingerprint density at radius 2 is 2.23 bits per heavy atom. The molecule has 8 nitrogen and oxygen atoms in total. The molecule has 3 rings (SSSR count). The van der Waals surface area contributed by atoms with E-state index in [2.05, 4.69) is 20.5 Å². The van der Waals surface area contributed by atoms with Crippen LogP contribution in [0.2, 0.25) is 0 Å². The van der Waals surface area contributed by atoms with Gasteiger partial charge in [0.25, 0.3) is 5.69 Å². The van der Waals surface area contributed by atoms with E-state index in [0.29, 0.717) is 17.2 Å². The van der Waals surface area contributed by atoms with Gasteiger partial charge in [-0.25, -0.2) is 4.98 Å². The Morgan fingerprint density at radius 3 is 2.95 bits per heavy atom. The minimum atomic E-state index is -0.457. The third-order valence-electron chi connectivity index (χ3n) is 3.41. The summed E-state index contributed by atoms with van der Waals surface area (Å²) in [5.74, 6) is -0.115. The molecule has 2 aromatic rings. The van der Waals surface area contributed by atoms with Crippen LogP contribution >= 0.6 is 11.3 Å². The fourth-order valence-corrected chi connectivity index (χ4v) is 3.18. The number of rotatable bonds is 4. The lowest BCUT2D eigenvalue weighted by molar-refractivity contribution is -0.384. The van der Waals surface area contributed by atoms with Gasteiger partial charge in [0.05, 0.1) is 21.7 Å². The molecule has 2 heterocycles. The summed E-state index contributed by atoms with van der Waals surface area (Å²) >= 11 is 1.31. The molecule has 116 valence electrons. The van der Waals surface area contributed by atoms with E-state index < -0.39 is 4.92 Å². The number of aromatic nitrogens is 1. The minimum Gasteiger partial charge on any atom is -0.314 e. The average molecular weight is 321 g/mol. The van der Waals surface area contributed by atoms with E-state index in [4.69, 9.17) is 0 Å². The second kappa shape index (κ2) is 6.34. The van der Waals surface area contributed by atoms with Crippen molar-refractivity contribution in [1.82, 2.24) is 15.2 Å². The first-order chi connectivity index (χ1) is 10.6. The maximum Gasteiger partial charge on any atom is 0.271 e. The summed E-state index contributed by atoms with van der Waals surface area (Å²) in [5, 5.41) is 17.2. The Kier molecular flexibility index (Phi) is 4.27. The van der Waals surface area contributed by atoms with Crippen molar-refractivity contribution in [3.8, 4) is 0 Å². The summed E-state index contributed by atoms with van der Waals surface area (Å²) in [6, 6.07) is 4.50. The van der Waals surface area contributed by atoms with Crippen molar-refractivity contribution in [2.75, 3.05) is 38.0 Å². The number of hydrogen-bond donors (Lipinski definition) is 2. The molecule has 1 aromatic heterocycles. The molecule has 0 radical (unpaired) electrons. The average Bonchev–Trinajstić information content (AvgIpc) is 2.89. The first kappa shape index (κ1) is 14.8. The molecule has 1 aromatic carbocycles. The number of fused-ring (bicyclic) bond motifs is 1. The van der Waals surface area contributed by atoms with Gasteiger partial charge in [-0.2, -0.15) is 0 Å². The molecular weight excluding hydrogens is 306 g/mol. The number of hydrogen-bond acceptors (Lipinski definition) is 7. The number of nitro benzene ring substituents is 1. The van der Waals surface area contributed by atoms with Crippen molar-refractivity contribution in [2.24, 2.45) is 0 Å². The van der Waals surface area contributed by atoms with Crippen molar-refractivity contribution < 1.29 is 9.72 Å². The van der Waals surface area contributed by atoms with Crippen LogP contribution in [-0.2, 0) is 4.79 Å². The molecule has 1 aliphatic rings. The first-order valence-corrected chi connectivity index (χ1v) is 7.71. The summed E-state index contributed by atoms with van der Waals surface area (Å²) in [6.45, 7) is 3.80. The predicted octanol–water partition coefficient (Wildman–Crippen LogP) is 1.05. The van der Waals surface area contributed by atoms with Crippen LogP contribution in [0.3, 0.4) is 0 Å². The van der Waals surface area contributed by atoms with Crippen LogP contribution in [0.1, 0.15) is 0 Å². The zero-order valence-corrected chi connectivity index (χ0v) is 12.6. The molecule has 1 amide bonds. The smallest absolute Gasteiger partial charge is 0.271 e. The molecule has 22 heavy (non-hydrogen) atoms. The van der Waals surface area contributed by atoms with E-state index in [-0.39, 0.29) is 11.6 Å². The number of benzene rings is 1. The van der Waals surface area contributed by atoms with E-state index in [9.17, 15) is 14.9 Å². The number of carbonyl (C=O) groups is 1.